The van der Waals surface area contributed by atoms with E-state index in [0.717, 1.165) is 17.5 Å². The molecule has 3 rings (SSSR count). The minimum absolute atomic E-state index is 0.0462. The van der Waals surface area contributed by atoms with Gasteiger partial charge in [-0.25, -0.2) is 12.7 Å². The van der Waals surface area contributed by atoms with E-state index in [1.165, 1.54) is 11.4 Å². The lowest BCUT2D eigenvalue weighted by Crippen LogP contribution is -2.52. The Morgan fingerprint density at radius 1 is 0.900 bits per heavy atom. The van der Waals surface area contributed by atoms with Crippen molar-refractivity contribution in [1.82, 2.24) is 14.5 Å². The molecule has 0 heterocycles. The van der Waals surface area contributed by atoms with Crippen molar-refractivity contribution in [2.45, 2.75) is 63.1 Å². The number of benzene rings is 3. The van der Waals surface area contributed by atoms with Gasteiger partial charge in [0, 0.05) is 44.0 Å². The second-order valence-electron chi connectivity index (χ2n) is 9.91. The molecule has 3 aromatic rings. The van der Waals surface area contributed by atoms with E-state index in [-0.39, 0.29) is 42.3 Å². The predicted molar refractivity (Wildman–Crippen MR) is 159 cm³/mol. The molecule has 0 saturated carbocycles. The molecule has 0 spiro atoms. The zero-order valence-corrected chi connectivity index (χ0v) is 24.9. The first-order valence-corrected chi connectivity index (χ1v) is 15.3. The SMILES string of the molecule is CCC(C)NC(=O)C(Cc1ccccc1)N(Cc1ccc(Cl)cc1)C(=O)CCCN(C)S(=O)(=O)c1ccccc1. The largest absolute Gasteiger partial charge is 0.352 e. The summed E-state index contributed by atoms with van der Waals surface area (Å²) in [4.78, 5) is 29.1. The molecule has 0 bridgehead atoms. The average molecular weight is 584 g/mol. The molecule has 0 fully saturated rings. The Labute approximate surface area is 243 Å². The van der Waals surface area contributed by atoms with E-state index in [9.17, 15) is 18.0 Å². The van der Waals surface area contributed by atoms with Crippen molar-refractivity contribution in [1.29, 1.82) is 0 Å². The van der Waals surface area contributed by atoms with E-state index in [2.05, 4.69) is 5.32 Å². The summed E-state index contributed by atoms with van der Waals surface area (Å²) < 4.78 is 27.1. The van der Waals surface area contributed by atoms with Gasteiger partial charge < -0.3 is 10.2 Å². The minimum Gasteiger partial charge on any atom is -0.352 e. The van der Waals surface area contributed by atoms with Gasteiger partial charge >= 0.3 is 0 Å². The molecule has 2 amide bonds. The van der Waals surface area contributed by atoms with E-state index in [1.54, 1.807) is 47.4 Å². The van der Waals surface area contributed by atoms with Crippen LogP contribution in [-0.4, -0.2) is 55.1 Å². The smallest absolute Gasteiger partial charge is 0.243 e. The highest BCUT2D eigenvalue weighted by molar-refractivity contribution is 7.89. The minimum atomic E-state index is -3.66. The highest BCUT2D eigenvalue weighted by atomic mass is 35.5. The van der Waals surface area contributed by atoms with Gasteiger partial charge in [0.15, 0.2) is 0 Å². The third kappa shape index (κ3) is 8.91. The first-order valence-electron chi connectivity index (χ1n) is 13.5. The molecule has 2 atom stereocenters. The van der Waals surface area contributed by atoms with Gasteiger partial charge in [0.25, 0.3) is 0 Å². The maximum absolute atomic E-state index is 13.8. The second kappa shape index (κ2) is 15.0. The van der Waals surface area contributed by atoms with E-state index in [0.29, 0.717) is 17.9 Å². The number of carbonyl (C=O) groups excluding carboxylic acids is 2. The van der Waals surface area contributed by atoms with Gasteiger partial charge in [0.05, 0.1) is 4.90 Å². The van der Waals surface area contributed by atoms with Crippen LogP contribution in [0.4, 0.5) is 0 Å². The molecule has 2 unspecified atom stereocenters. The quantitative estimate of drug-likeness (QED) is 0.279. The Morgan fingerprint density at radius 3 is 2.10 bits per heavy atom. The van der Waals surface area contributed by atoms with Crippen molar-refractivity contribution in [3.8, 4) is 0 Å². The Morgan fingerprint density at radius 2 is 1.50 bits per heavy atom. The van der Waals surface area contributed by atoms with E-state index in [4.69, 9.17) is 11.6 Å². The molecule has 0 aliphatic heterocycles. The van der Waals surface area contributed by atoms with Crippen molar-refractivity contribution in [2.75, 3.05) is 13.6 Å². The first kappa shape index (κ1) is 31.3. The summed E-state index contributed by atoms with van der Waals surface area (Å²) in [5, 5.41) is 3.63. The molecule has 0 aliphatic carbocycles. The predicted octanol–water partition coefficient (Wildman–Crippen LogP) is 5.30. The van der Waals surface area contributed by atoms with Gasteiger partial charge in [0.1, 0.15) is 6.04 Å². The number of nitrogens with zero attached hydrogens (tertiary/aromatic N) is 2. The third-order valence-electron chi connectivity index (χ3n) is 6.85. The average Bonchev–Trinajstić information content (AvgIpc) is 2.96. The molecular weight excluding hydrogens is 546 g/mol. The third-order valence-corrected chi connectivity index (χ3v) is 8.98. The fourth-order valence-corrected chi connectivity index (χ4v) is 5.63. The molecular formula is C31H38ClN3O4S. The number of hydrogen-bond donors (Lipinski definition) is 1. The molecule has 214 valence electrons. The first-order chi connectivity index (χ1) is 19.1. The van der Waals surface area contributed by atoms with E-state index < -0.39 is 16.1 Å². The van der Waals surface area contributed by atoms with Crippen LogP contribution in [0.5, 0.6) is 0 Å². The topological polar surface area (TPSA) is 86.8 Å². The van der Waals surface area contributed by atoms with Crippen LogP contribution >= 0.6 is 11.6 Å². The van der Waals surface area contributed by atoms with Crippen LogP contribution in [0, 0.1) is 0 Å². The van der Waals surface area contributed by atoms with Crippen LogP contribution in [0.1, 0.15) is 44.2 Å². The van der Waals surface area contributed by atoms with Crippen LogP contribution in [0.3, 0.4) is 0 Å². The van der Waals surface area contributed by atoms with Crippen molar-refractivity contribution in [3.05, 3.63) is 101 Å². The summed E-state index contributed by atoms with van der Waals surface area (Å²) in [7, 11) is -2.15. The van der Waals surface area contributed by atoms with E-state index >= 15 is 0 Å². The Hall–Kier alpha value is -3.20. The maximum atomic E-state index is 13.8. The summed E-state index contributed by atoms with van der Waals surface area (Å²) in [5.41, 5.74) is 1.78. The number of hydrogen-bond acceptors (Lipinski definition) is 4. The van der Waals surface area contributed by atoms with Crippen molar-refractivity contribution >= 4 is 33.4 Å². The van der Waals surface area contributed by atoms with Gasteiger partial charge in [-0.15, -0.1) is 0 Å². The Kier molecular flexibility index (Phi) is 11.7. The van der Waals surface area contributed by atoms with Crippen LogP contribution in [0.15, 0.2) is 89.8 Å². The summed E-state index contributed by atoms with van der Waals surface area (Å²) in [6.45, 7) is 4.32. The van der Waals surface area contributed by atoms with Crippen molar-refractivity contribution < 1.29 is 18.0 Å². The van der Waals surface area contributed by atoms with Gasteiger partial charge in [-0.2, -0.15) is 0 Å². The van der Waals surface area contributed by atoms with Crippen LogP contribution in [-0.2, 0) is 32.6 Å². The van der Waals surface area contributed by atoms with Gasteiger partial charge in [-0.3, -0.25) is 9.59 Å². The Bertz CT molecular complexity index is 1340. The Balaban J connectivity index is 1.83. The molecule has 0 aromatic heterocycles. The summed E-state index contributed by atoms with van der Waals surface area (Å²) in [6.07, 6.45) is 1.51. The van der Waals surface area contributed by atoms with Crippen molar-refractivity contribution in [3.63, 3.8) is 0 Å². The molecule has 3 aromatic carbocycles. The molecule has 1 N–H and O–H groups in total. The van der Waals surface area contributed by atoms with Crippen LogP contribution < -0.4 is 5.32 Å². The number of nitrogens with one attached hydrogen (secondary N) is 1. The molecule has 0 aliphatic rings. The maximum Gasteiger partial charge on any atom is 0.243 e. The number of carbonyl (C=O) groups is 2. The van der Waals surface area contributed by atoms with Gasteiger partial charge in [-0.1, -0.05) is 79.2 Å². The lowest BCUT2D eigenvalue weighted by Gasteiger charge is -2.32. The number of amides is 2. The normalized spacial score (nSPS) is 13.0. The standard InChI is InChI=1S/C31H38ClN3O4S/c1-4-24(2)33-31(37)29(22-25-12-7-5-8-13-25)35(23-26-17-19-27(32)20-18-26)30(36)16-11-21-34(3)40(38,39)28-14-9-6-10-15-28/h5-10,12-15,17-20,24,29H,4,11,16,21-23H2,1-3H3,(H,33,37). The van der Waals surface area contributed by atoms with Crippen LogP contribution in [0.25, 0.3) is 0 Å². The molecule has 7 nitrogen and oxygen atoms in total. The highest BCUT2D eigenvalue weighted by Crippen LogP contribution is 2.19. The van der Waals surface area contributed by atoms with Gasteiger partial charge in [0.2, 0.25) is 21.8 Å². The lowest BCUT2D eigenvalue weighted by molar-refractivity contribution is -0.141. The zero-order chi connectivity index (χ0) is 29.1. The molecule has 9 heteroatoms. The highest BCUT2D eigenvalue weighted by Gasteiger charge is 2.31. The lowest BCUT2D eigenvalue weighted by atomic mass is 10.0. The van der Waals surface area contributed by atoms with Gasteiger partial charge in [-0.05, 0) is 55.2 Å². The van der Waals surface area contributed by atoms with Crippen molar-refractivity contribution in [2.24, 2.45) is 0 Å². The monoisotopic (exact) mass is 583 g/mol. The fraction of sp³-hybridized carbons (Fsp3) is 0.355. The van der Waals surface area contributed by atoms with Crippen LogP contribution in [0.2, 0.25) is 5.02 Å². The molecule has 40 heavy (non-hydrogen) atoms. The summed E-state index contributed by atoms with van der Waals surface area (Å²) in [6, 6.07) is 24.2. The number of sulfonamides is 1. The summed E-state index contributed by atoms with van der Waals surface area (Å²) in [5.74, 6) is -0.440. The number of rotatable bonds is 14. The molecule has 0 saturated heterocycles. The summed E-state index contributed by atoms with van der Waals surface area (Å²) >= 11 is 6.09. The zero-order valence-electron chi connectivity index (χ0n) is 23.3. The fourth-order valence-electron chi connectivity index (χ4n) is 4.27. The van der Waals surface area contributed by atoms with E-state index in [1.807, 2.05) is 56.3 Å². The molecule has 0 radical (unpaired) electrons. The number of halogens is 1. The second-order valence-corrected chi connectivity index (χ2v) is 12.4.